The van der Waals surface area contributed by atoms with Gasteiger partial charge < -0.3 is 34.1 Å². The molecule has 2 aromatic rings. The van der Waals surface area contributed by atoms with E-state index in [9.17, 15) is 14.7 Å². The first-order valence-corrected chi connectivity index (χ1v) is 11.9. The molecule has 36 heavy (non-hydrogen) atoms. The van der Waals surface area contributed by atoms with Crippen LogP contribution in [0, 0.1) is 5.92 Å². The summed E-state index contributed by atoms with van der Waals surface area (Å²) in [6.07, 6.45) is 1.66. The van der Waals surface area contributed by atoms with Gasteiger partial charge in [-0.1, -0.05) is 30.3 Å². The van der Waals surface area contributed by atoms with Gasteiger partial charge >= 0.3 is 5.97 Å². The lowest BCUT2D eigenvalue weighted by Gasteiger charge is -2.31. The number of hydrogen-bond acceptors (Lipinski definition) is 9. The Bertz CT molecular complexity index is 987. The van der Waals surface area contributed by atoms with Crippen LogP contribution in [0.5, 0.6) is 11.5 Å². The Morgan fingerprint density at radius 1 is 1.17 bits per heavy atom. The molecular formula is C26H34N2O8. The van der Waals surface area contributed by atoms with E-state index in [2.05, 4.69) is 10.3 Å². The minimum absolute atomic E-state index is 0.0919. The van der Waals surface area contributed by atoms with E-state index >= 15 is 0 Å². The second-order valence-corrected chi connectivity index (χ2v) is 8.55. The first-order chi connectivity index (χ1) is 17.4. The smallest absolute Gasteiger partial charge is 0.331 e. The number of benzene rings is 1. The molecule has 2 N–H and O–H groups in total. The van der Waals surface area contributed by atoms with Crippen molar-refractivity contribution in [2.75, 3.05) is 40.6 Å². The highest BCUT2D eigenvalue weighted by atomic mass is 16.6. The highest BCUT2D eigenvalue weighted by molar-refractivity contribution is 5.98. The van der Waals surface area contributed by atoms with Gasteiger partial charge in [0.25, 0.3) is 5.91 Å². The Morgan fingerprint density at radius 3 is 2.67 bits per heavy atom. The van der Waals surface area contributed by atoms with Gasteiger partial charge in [0.2, 0.25) is 0 Å². The number of aromatic nitrogens is 1. The molecule has 2 heterocycles. The van der Waals surface area contributed by atoms with E-state index < -0.39 is 35.9 Å². The fraction of sp³-hybridized carbons (Fsp3) is 0.500. The molecule has 1 aliphatic heterocycles. The van der Waals surface area contributed by atoms with E-state index in [-0.39, 0.29) is 24.0 Å². The third-order valence-electron chi connectivity index (χ3n) is 5.90. The average molecular weight is 503 g/mol. The predicted octanol–water partition coefficient (Wildman–Crippen LogP) is 2.14. The topological polar surface area (TPSA) is 125 Å². The molecule has 4 atom stereocenters. The molecule has 0 radical (unpaired) electrons. The van der Waals surface area contributed by atoms with Crippen molar-refractivity contribution < 1.29 is 38.4 Å². The molecule has 0 bridgehead atoms. The number of rotatable bonds is 10. The maximum absolute atomic E-state index is 13.0. The van der Waals surface area contributed by atoms with Crippen molar-refractivity contribution >= 4 is 11.9 Å². The summed E-state index contributed by atoms with van der Waals surface area (Å²) in [6, 6.07) is 10.3. The number of nitrogens with zero attached hydrogens (tertiary/aromatic N) is 1. The fourth-order valence-electron chi connectivity index (χ4n) is 4.10. The summed E-state index contributed by atoms with van der Waals surface area (Å²) in [5, 5.41) is 12.8. The van der Waals surface area contributed by atoms with Crippen molar-refractivity contribution in [2.24, 2.45) is 5.92 Å². The SMILES string of the molecule is COCCCO[C@@H]1[C@@H](Cc2ccccc2)COC[C@H](NC(=O)c2nccc(OC)c2O)C(=O)O[C@H]1C. The lowest BCUT2D eigenvalue weighted by atomic mass is 9.91. The number of ether oxygens (including phenoxy) is 5. The Labute approximate surface area is 210 Å². The van der Waals surface area contributed by atoms with Gasteiger partial charge in [-0.15, -0.1) is 0 Å². The van der Waals surface area contributed by atoms with E-state index in [1.807, 2.05) is 30.3 Å². The Balaban J connectivity index is 1.75. The number of esters is 1. The molecular weight excluding hydrogens is 468 g/mol. The van der Waals surface area contributed by atoms with Crippen LogP contribution in [0.25, 0.3) is 0 Å². The molecule has 1 aromatic heterocycles. The van der Waals surface area contributed by atoms with E-state index in [0.717, 1.165) is 5.56 Å². The minimum atomic E-state index is -1.10. The quantitative estimate of drug-likeness (QED) is 0.371. The van der Waals surface area contributed by atoms with Crippen LogP contribution >= 0.6 is 0 Å². The highest BCUT2D eigenvalue weighted by Crippen LogP contribution is 2.28. The third-order valence-corrected chi connectivity index (χ3v) is 5.90. The average Bonchev–Trinajstić information content (AvgIpc) is 2.92. The van der Waals surface area contributed by atoms with Crippen LogP contribution in [-0.4, -0.2) is 80.9 Å². The van der Waals surface area contributed by atoms with Crippen LogP contribution in [0.1, 0.15) is 29.4 Å². The summed E-state index contributed by atoms with van der Waals surface area (Å²) in [7, 11) is 2.99. The van der Waals surface area contributed by atoms with Crippen molar-refractivity contribution in [3.8, 4) is 11.5 Å². The molecule has 0 saturated carbocycles. The maximum Gasteiger partial charge on any atom is 0.331 e. The molecule has 1 fully saturated rings. The van der Waals surface area contributed by atoms with Crippen molar-refractivity contribution in [2.45, 2.75) is 38.0 Å². The normalized spacial score (nSPS) is 22.6. The number of carbonyl (C=O) groups is 2. The first-order valence-electron chi connectivity index (χ1n) is 11.9. The zero-order chi connectivity index (χ0) is 25.9. The number of methoxy groups -OCH3 is 2. The van der Waals surface area contributed by atoms with E-state index in [0.29, 0.717) is 32.7 Å². The van der Waals surface area contributed by atoms with Crippen molar-refractivity contribution in [3.05, 3.63) is 53.9 Å². The van der Waals surface area contributed by atoms with E-state index in [4.69, 9.17) is 23.7 Å². The molecule has 0 unspecified atom stereocenters. The summed E-state index contributed by atoms with van der Waals surface area (Å²) >= 11 is 0. The van der Waals surface area contributed by atoms with Gasteiger partial charge in [0.15, 0.2) is 23.2 Å². The zero-order valence-corrected chi connectivity index (χ0v) is 20.8. The molecule has 1 amide bonds. The van der Waals surface area contributed by atoms with Gasteiger partial charge in [-0.3, -0.25) is 4.79 Å². The second kappa shape index (κ2) is 13.8. The number of nitrogens with one attached hydrogen (secondary N) is 1. The predicted molar refractivity (Wildman–Crippen MR) is 130 cm³/mol. The maximum atomic E-state index is 13.0. The molecule has 3 rings (SSSR count). The summed E-state index contributed by atoms with van der Waals surface area (Å²) in [6.45, 7) is 2.95. The largest absolute Gasteiger partial charge is 0.503 e. The third kappa shape index (κ3) is 7.39. The van der Waals surface area contributed by atoms with Gasteiger partial charge in [0.05, 0.1) is 26.4 Å². The number of pyridine rings is 1. The summed E-state index contributed by atoms with van der Waals surface area (Å²) in [4.78, 5) is 29.7. The molecule has 1 saturated heterocycles. The number of carbonyl (C=O) groups excluding carboxylic acids is 2. The van der Waals surface area contributed by atoms with Crippen LogP contribution in [0.3, 0.4) is 0 Å². The van der Waals surface area contributed by atoms with Gasteiger partial charge in [-0.2, -0.15) is 0 Å². The lowest BCUT2D eigenvalue weighted by Crippen LogP contribution is -2.46. The standard InChI is InChI=1S/C26H34N2O8/c1-17-24(35-13-7-12-32-2)19(14-18-8-5-4-6-9-18)15-34-16-20(26(31)36-17)28-25(30)22-23(29)21(33-3)10-11-27-22/h4-6,8-11,17,19-20,24,29H,7,12-16H2,1-3H3,(H,28,30)/t17-,19-,20-,24-/m0/s1. The summed E-state index contributed by atoms with van der Waals surface area (Å²) in [5.74, 6) is -1.85. The van der Waals surface area contributed by atoms with Crippen molar-refractivity contribution in [1.29, 1.82) is 0 Å². The number of hydrogen-bond donors (Lipinski definition) is 2. The highest BCUT2D eigenvalue weighted by Gasteiger charge is 2.36. The minimum Gasteiger partial charge on any atom is -0.503 e. The second-order valence-electron chi connectivity index (χ2n) is 8.55. The molecule has 196 valence electrons. The summed E-state index contributed by atoms with van der Waals surface area (Å²) < 4.78 is 28.0. The fourth-order valence-corrected chi connectivity index (χ4v) is 4.10. The van der Waals surface area contributed by atoms with Crippen molar-refractivity contribution in [3.63, 3.8) is 0 Å². The lowest BCUT2D eigenvalue weighted by molar-refractivity contribution is -0.160. The Kier molecular flexibility index (Phi) is 10.5. The first kappa shape index (κ1) is 27.4. The van der Waals surface area contributed by atoms with Crippen LogP contribution in [0.2, 0.25) is 0 Å². The molecule has 0 aliphatic carbocycles. The van der Waals surface area contributed by atoms with E-state index in [1.165, 1.54) is 19.4 Å². The Hall–Kier alpha value is -3.21. The van der Waals surface area contributed by atoms with E-state index in [1.54, 1.807) is 14.0 Å². The number of cyclic esters (lactones) is 1. The van der Waals surface area contributed by atoms with Crippen LogP contribution in [0.4, 0.5) is 0 Å². The molecule has 1 aromatic carbocycles. The van der Waals surface area contributed by atoms with Gasteiger partial charge in [-0.05, 0) is 25.3 Å². The zero-order valence-electron chi connectivity index (χ0n) is 20.8. The van der Waals surface area contributed by atoms with Crippen LogP contribution < -0.4 is 10.1 Å². The van der Waals surface area contributed by atoms with Gasteiger partial charge in [0.1, 0.15) is 6.10 Å². The molecule has 10 heteroatoms. The number of amides is 1. The summed E-state index contributed by atoms with van der Waals surface area (Å²) in [5.41, 5.74) is 0.843. The van der Waals surface area contributed by atoms with Crippen LogP contribution in [0.15, 0.2) is 42.6 Å². The molecule has 10 nitrogen and oxygen atoms in total. The van der Waals surface area contributed by atoms with Crippen LogP contribution in [-0.2, 0) is 30.2 Å². The molecule has 0 spiro atoms. The molecule has 1 aliphatic rings. The number of aromatic hydroxyl groups is 1. The van der Waals surface area contributed by atoms with Gasteiger partial charge in [0, 0.05) is 38.5 Å². The monoisotopic (exact) mass is 502 g/mol. The van der Waals surface area contributed by atoms with Gasteiger partial charge in [-0.25, -0.2) is 9.78 Å². The van der Waals surface area contributed by atoms with Crippen molar-refractivity contribution in [1.82, 2.24) is 10.3 Å². The Morgan fingerprint density at radius 2 is 1.94 bits per heavy atom.